The van der Waals surface area contributed by atoms with Gasteiger partial charge in [0.1, 0.15) is 6.61 Å². The Hall–Kier alpha value is -2.37. The molecule has 3 heterocycles. The lowest BCUT2D eigenvalue weighted by Crippen LogP contribution is -2.34. The van der Waals surface area contributed by atoms with Crippen LogP contribution in [0.1, 0.15) is 36.5 Å². The molecule has 1 aliphatic carbocycles. The molecule has 126 valence electrons. The predicted molar refractivity (Wildman–Crippen MR) is 91.9 cm³/mol. The van der Waals surface area contributed by atoms with Gasteiger partial charge in [-0.05, 0) is 44.2 Å². The van der Waals surface area contributed by atoms with Crippen molar-refractivity contribution in [1.29, 1.82) is 5.41 Å². The number of aromatic nitrogens is 1. The first-order valence-electron chi connectivity index (χ1n) is 8.48. The summed E-state index contributed by atoms with van der Waals surface area (Å²) in [7, 11) is 0. The zero-order valence-electron chi connectivity index (χ0n) is 13.8. The summed E-state index contributed by atoms with van der Waals surface area (Å²) in [5.74, 6) is 1.77. The van der Waals surface area contributed by atoms with Crippen LogP contribution >= 0.6 is 0 Å². The van der Waals surface area contributed by atoms with Crippen molar-refractivity contribution in [2.75, 3.05) is 25.0 Å². The van der Waals surface area contributed by atoms with Crippen LogP contribution in [0.15, 0.2) is 23.9 Å². The first kappa shape index (κ1) is 15.2. The van der Waals surface area contributed by atoms with Gasteiger partial charge in [-0.25, -0.2) is 4.98 Å². The van der Waals surface area contributed by atoms with E-state index < -0.39 is 0 Å². The number of carbonyl (C=O) groups excluding carboxylic acids is 1. The van der Waals surface area contributed by atoms with E-state index in [0.29, 0.717) is 30.4 Å². The van der Waals surface area contributed by atoms with Crippen molar-refractivity contribution < 1.29 is 9.53 Å². The number of anilines is 1. The molecular weight excluding hydrogens is 304 g/mol. The topological polar surface area (TPSA) is 78.3 Å². The summed E-state index contributed by atoms with van der Waals surface area (Å²) in [6.45, 7) is 4.12. The van der Waals surface area contributed by atoms with Gasteiger partial charge in [0.25, 0.3) is 5.91 Å². The number of nitrogens with zero attached hydrogens (tertiary/aromatic N) is 2. The van der Waals surface area contributed by atoms with Crippen LogP contribution in [-0.2, 0) is 0 Å². The van der Waals surface area contributed by atoms with Crippen LogP contribution in [0, 0.1) is 11.3 Å². The summed E-state index contributed by atoms with van der Waals surface area (Å²) in [4.78, 5) is 19.0. The smallest absolute Gasteiger partial charge is 0.255 e. The molecule has 0 radical (unpaired) electrons. The van der Waals surface area contributed by atoms with Crippen molar-refractivity contribution in [2.45, 2.75) is 31.7 Å². The Morgan fingerprint density at radius 1 is 1.54 bits per heavy atom. The molecule has 1 atom stereocenters. The Labute approximate surface area is 141 Å². The largest absolute Gasteiger partial charge is 0.487 e. The van der Waals surface area contributed by atoms with Crippen molar-refractivity contribution in [3.8, 4) is 5.75 Å². The number of rotatable bonds is 3. The maximum Gasteiger partial charge on any atom is 0.255 e. The number of allylic oxidation sites excluding steroid dienone is 1. The average Bonchev–Trinajstić information content (AvgIpc) is 3.15. The number of hydrogen-bond donors (Lipinski definition) is 2. The molecule has 2 aliphatic heterocycles. The third kappa shape index (κ3) is 2.66. The van der Waals surface area contributed by atoms with Gasteiger partial charge in [0.2, 0.25) is 0 Å². The van der Waals surface area contributed by atoms with E-state index in [2.05, 4.69) is 10.3 Å². The maximum absolute atomic E-state index is 12.7. The summed E-state index contributed by atoms with van der Waals surface area (Å²) in [6, 6.07) is 1.81. The van der Waals surface area contributed by atoms with E-state index >= 15 is 0 Å². The van der Waals surface area contributed by atoms with Crippen LogP contribution in [0.4, 0.5) is 5.82 Å². The Balaban J connectivity index is 1.47. The lowest BCUT2D eigenvalue weighted by atomic mass is 10.00. The highest BCUT2D eigenvalue weighted by Gasteiger charge is 2.47. The van der Waals surface area contributed by atoms with Gasteiger partial charge < -0.3 is 20.4 Å². The quantitative estimate of drug-likeness (QED) is 0.837. The van der Waals surface area contributed by atoms with E-state index in [1.165, 1.54) is 6.21 Å². The van der Waals surface area contributed by atoms with Crippen LogP contribution in [-0.4, -0.2) is 47.2 Å². The molecule has 2 fully saturated rings. The molecule has 1 amide bonds. The molecule has 2 N–H and O–H groups in total. The number of amides is 1. The molecule has 1 spiro atoms. The molecule has 1 saturated heterocycles. The summed E-state index contributed by atoms with van der Waals surface area (Å²) in [5.41, 5.74) is 1.83. The molecule has 1 aromatic rings. The molecule has 1 aromatic heterocycles. The molecule has 1 unspecified atom stereocenters. The number of hydrogen-bond acceptors (Lipinski definition) is 5. The second kappa shape index (κ2) is 5.61. The highest BCUT2D eigenvalue weighted by molar-refractivity contribution is 5.95. The second-order valence-electron chi connectivity index (χ2n) is 7.08. The minimum atomic E-state index is 0.00533. The van der Waals surface area contributed by atoms with E-state index in [9.17, 15) is 4.79 Å². The summed E-state index contributed by atoms with van der Waals surface area (Å²) in [5, 5.41) is 10.6. The van der Waals surface area contributed by atoms with Crippen LogP contribution in [0.3, 0.4) is 0 Å². The molecule has 0 bridgehead atoms. The molecule has 3 aliphatic rings. The third-order valence-corrected chi connectivity index (χ3v) is 5.31. The maximum atomic E-state index is 12.7. The standard InChI is InChI=1S/C18H22N4O2/c1-12(2-6-19)13-3-7-22(10-13)17(23)14-8-15-16(20-9-14)21-18(4-5-18)11-24-15/h2,6,8-9,13,19H,3-5,7,10-11H2,1H3,(H,20,21)/b12-2+,19-6?. The van der Waals surface area contributed by atoms with Crippen molar-refractivity contribution in [3.63, 3.8) is 0 Å². The second-order valence-corrected chi connectivity index (χ2v) is 7.08. The Bertz CT molecular complexity index is 724. The van der Waals surface area contributed by atoms with Gasteiger partial charge in [-0.1, -0.05) is 5.57 Å². The fourth-order valence-corrected chi connectivity index (χ4v) is 3.46. The van der Waals surface area contributed by atoms with Crippen molar-refractivity contribution in [2.24, 2.45) is 5.92 Å². The predicted octanol–water partition coefficient (Wildman–Crippen LogP) is 2.48. The molecule has 0 aromatic carbocycles. The van der Waals surface area contributed by atoms with Crippen molar-refractivity contribution in [3.05, 3.63) is 29.5 Å². The van der Waals surface area contributed by atoms with E-state index in [-0.39, 0.29) is 11.4 Å². The third-order valence-electron chi connectivity index (χ3n) is 5.31. The number of carbonyl (C=O) groups is 1. The van der Waals surface area contributed by atoms with Gasteiger partial charge in [-0.3, -0.25) is 4.79 Å². The first-order valence-corrected chi connectivity index (χ1v) is 8.48. The Morgan fingerprint density at radius 2 is 2.38 bits per heavy atom. The number of fused-ring (bicyclic) bond motifs is 1. The average molecular weight is 326 g/mol. The van der Waals surface area contributed by atoms with Gasteiger partial charge >= 0.3 is 0 Å². The monoisotopic (exact) mass is 326 g/mol. The summed E-state index contributed by atoms with van der Waals surface area (Å²) < 4.78 is 5.82. The fourth-order valence-electron chi connectivity index (χ4n) is 3.46. The van der Waals surface area contributed by atoms with Crippen LogP contribution in [0.5, 0.6) is 5.75 Å². The van der Waals surface area contributed by atoms with E-state index in [1.807, 2.05) is 17.9 Å². The first-order chi connectivity index (χ1) is 11.6. The van der Waals surface area contributed by atoms with E-state index in [0.717, 1.165) is 37.2 Å². The number of ether oxygens (including phenoxy) is 1. The van der Waals surface area contributed by atoms with Gasteiger partial charge in [-0.15, -0.1) is 0 Å². The number of pyridine rings is 1. The zero-order chi connectivity index (χ0) is 16.7. The number of likely N-dealkylation sites (tertiary alicyclic amines) is 1. The van der Waals surface area contributed by atoms with Gasteiger partial charge in [0, 0.05) is 25.5 Å². The lowest BCUT2D eigenvalue weighted by Gasteiger charge is -2.27. The highest BCUT2D eigenvalue weighted by atomic mass is 16.5. The summed E-state index contributed by atoms with van der Waals surface area (Å²) >= 11 is 0. The minimum Gasteiger partial charge on any atom is -0.487 e. The zero-order valence-corrected chi connectivity index (χ0v) is 13.8. The highest BCUT2D eigenvalue weighted by Crippen LogP contribution is 2.44. The fraction of sp³-hybridized carbons (Fsp3) is 0.500. The molecular formula is C18H22N4O2. The normalized spacial score (nSPS) is 24.1. The van der Waals surface area contributed by atoms with E-state index in [1.54, 1.807) is 12.3 Å². The minimum absolute atomic E-state index is 0.00533. The Morgan fingerprint density at radius 3 is 3.12 bits per heavy atom. The molecule has 6 nitrogen and oxygen atoms in total. The van der Waals surface area contributed by atoms with Crippen LogP contribution < -0.4 is 10.1 Å². The van der Waals surface area contributed by atoms with Crippen LogP contribution in [0.25, 0.3) is 0 Å². The van der Waals surface area contributed by atoms with Gasteiger partial charge in [-0.2, -0.15) is 0 Å². The number of nitrogens with one attached hydrogen (secondary N) is 2. The summed E-state index contributed by atoms with van der Waals surface area (Å²) in [6.07, 6.45) is 7.95. The van der Waals surface area contributed by atoms with E-state index in [4.69, 9.17) is 10.1 Å². The molecule has 6 heteroatoms. The van der Waals surface area contributed by atoms with Crippen molar-refractivity contribution >= 4 is 17.9 Å². The molecule has 24 heavy (non-hydrogen) atoms. The Kier molecular flexibility index (Phi) is 3.55. The lowest BCUT2D eigenvalue weighted by molar-refractivity contribution is 0.0788. The van der Waals surface area contributed by atoms with Gasteiger partial charge in [0.05, 0.1) is 11.1 Å². The van der Waals surface area contributed by atoms with Crippen molar-refractivity contribution in [1.82, 2.24) is 9.88 Å². The molecule has 1 saturated carbocycles. The van der Waals surface area contributed by atoms with Crippen LogP contribution in [0.2, 0.25) is 0 Å². The SMILES string of the molecule is C/C(=C\C=N)C1CCN(C(=O)c2cnc3c(c2)OCC2(CC2)N3)C1. The van der Waals surface area contributed by atoms with Gasteiger partial charge in [0.15, 0.2) is 11.6 Å². The molecule has 4 rings (SSSR count).